The number of esters is 1. The predicted molar refractivity (Wildman–Crippen MR) is 94.3 cm³/mol. The Morgan fingerprint density at radius 1 is 1.16 bits per heavy atom. The number of hydrogen-bond donors (Lipinski definition) is 2. The molecule has 0 bridgehead atoms. The van der Waals surface area contributed by atoms with Crippen molar-refractivity contribution in [2.24, 2.45) is 0 Å². The van der Waals surface area contributed by atoms with E-state index in [1.807, 2.05) is 0 Å². The number of fused-ring (bicyclic) bond motifs is 1. The van der Waals surface area contributed by atoms with Gasteiger partial charge in [-0.2, -0.15) is 0 Å². The summed E-state index contributed by atoms with van der Waals surface area (Å²) < 4.78 is 18.9. The van der Waals surface area contributed by atoms with E-state index in [-0.39, 0.29) is 24.5 Å². The SMILES string of the molecule is CCOC(=O)c1c(NCc2ccccc2F)c2ccccc2[nH]c1=O. The first-order valence-electron chi connectivity index (χ1n) is 7.91. The molecular weight excluding hydrogens is 323 g/mol. The zero-order chi connectivity index (χ0) is 17.8. The summed E-state index contributed by atoms with van der Waals surface area (Å²) in [6.45, 7) is 1.95. The highest BCUT2D eigenvalue weighted by Crippen LogP contribution is 2.25. The maximum Gasteiger partial charge on any atom is 0.345 e. The molecule has 0 radical (unpaired) electrons. The molecule has 0 saturated carbocycles. The molecule has 0 fully saturated rings. The van der Waals surface area contributed by atoms with Crippen LogP contribution in [0.25, 0.3) is 10.9 Å². The maximum atomic E-state index is 13.9. The van der Waals surface area contributed by atoms with Crippen LogP contribution in [0.5, 0.6) is 0 Å². The van der Waals surface area contributed by atoms with Crippen LogP contribution in [0.2, 0.25) is 0 Å². The molecule has 2 aromatic carbocycles. The number of rotatable bonds is 5. The molecule has 0 aliphatic rings. The molecule has 5 nitrogen and oxygen atoms in total. The molecule has 3 rings (SSSR count). The first kappa shape index (κ1) is 16.7. The monoisotopic (exact) mass is 340 g/mol. The van der Waals surface area contributed by atoms with Crippen LogP contribution in [0.1, 0.15) is 22.8 Å². The number of aromatic nitrogens is 1. The lowest BCUT2D eigenvalue weighted by molar-refractivity contribution is 0.0525. The van der Waals surface area contributed by atoms with E-state index in [2.05, 4.69) is 10.3 Å². The zero-order valence-corrected chi connectivity index (χ0v) is 13.6. The number of H-pyrrole nitrogens is 1. The summed E-state index contributed by atoms with van der Waals surface area (Å²) >= 11 is 0. The number of para-hydroxylation sites is 1. The number of benzene rings is 2. The largest absolute Gasteiger partial charge is 0.462 e. The Morgan fingerprint density at radius 3 is 2.64 bits per heavy atom. The average Bonchev–Trinajstić information content (AvgIpc) is 2.60. The van der Waals surface area contributed by atoms with E-state index in [0.717, 1.165) is 0 Å². The number of carbonyl (C=O) groups excluding carboxylic acids is 1. The highest BCUT2D eigenvalue weighted by atomic mass is 19.1. The van der Waals surface area contributed by atoms with Gasteiger partial charge in [0, 0.05) is 17.5 Å². The quantitative estimate of drug-likeness (QED) is 0.698. The minimum Gasteiger partial charge on any atom is -0.462 e. The fraction of sp³-hybridized carbons (Fsp3) is 0.158. The number of hydrogen-bond acceptors (Lipinski definition) is 4. The molecule has 0 saturated heterocycles. The van der Waals surface area contributed by atoms with Gasteiger partial charge in [-0.25, -0.2) is 9.18 Å². The van der Waals surface area contributed by atoms with Crippen molar-refractivity contribution in [3.63, 3.8) is 0 Å². The lowest BCUT2D eigenvalue weighted by Gasteiger charge is -2.14. The molecule has 128 valence electrons. The summed E-state index contributed by atoms with van der Waals surface area (Å²) in [5, 5.41) is 3.69. The Kier molecular flexibility index (Phi) is 4.79. The maximum absolute atomic E-state index is 13.9. The van der Waals surface area contributed by atoms with Gasteiger partial charge in [-0.05, 0) is 19.1 Å². The molecule has 0 amide bonds. The van der Waals surface area contributed by atoms with Gasteiger partial charge in [-0.1, -0.05) is 36.4 Å². The van der Waals surface area contributed by atoms with E-state index < -0.39 is 11.5 Å². The van der Waals surface area contributed by atoms with E-state index >= 15 is 0 Å². The second kappa shape index (κ2) is 7.17. The van der Waals surface area contributed by atoms with Gasteiger partial charge in [0.1, 0.15) is 11.4 Å². The molecule has 0 atom stereocenters. The fourth-order valence-electron chi connectivity index (χ4n) is 2.65. The highest BCUT2D eigenvalue weighted by Gasteiger charge is 2.20. The van der Waals surface area contributed by atoms with Gasteiger partial charge in [-0.15, -0.1) is 0 Å². The molecule has 1 heterocycles. The van der Waals surface area contributed by atoms with Crippen molar-refractivity contribution >= 4 is 22.6 Å². The van der Waals surface area contributed by atoms with Crippen LogP contribution in [0.15, 0.2) is 53.3 Å². The lowest BCUT2D eigenvalue weighted by atomic mass is 10.1. The predicted octanol–water partition coefficient (Wildman–Crippen LogP) is 3.46. The van der Waals surface area contributed by atoms with Crippen LogP contribution in [0, 0.1) is 5.82 Å². The summed E-state index contributed by atoms with van der Waals surface area (Å²) in [5.74, 6) is -1.08. The second-order valence-electron chi connectivity index (χ2n) is 5.42. The van der Waals surface area contributed by atoms with Crippen LogP contribution in [-0.4, -0.2) is 17.6 Å². The van der Waals surface area contributed by atoms with Crippen LogP contribution < -0.4 is 10.9 Å². The number of ether oxygens (including phenoxy) is 1. The van der Waals surface area contributed by atoms with E-state index in [1.165, 1.54) is 6.07 Å². The molecule has 0 aliphatic heterocycles. The minimum atomic E-state index is -0.717. The Balaban J connectivity index is 2.10. The summed E-state index contributed by atoms with van der Waals surface area (Å²) in [6.07, 6.45) is 0. The number of pyridine rings is 1. The van der Waals surface area contributed by atoms with Crippen LogP contribution in [0.3, 0.4) is 0 Å². The molecule has 1 aromatic heterocycles. The fourth-order valence-corrected chi connectivity index (χ4v) is 2.65. The molecule has 3 aromatic rings. The number of halogens is 1. The Hall–Kier alpha value is -3.15. The van der Waals surface area contributed by atoms with Crippen molar-refractivity contribution < 1.29 is 13.9 Å². The molecule has 6 heteroatoms. The third-order valence-corrected chi connectivity index (χ3v) is 3.81. The third-order valence-electron chi connectivity index (χ3n) is 3.81. The zero-order valence-electron chi connectivity index (χ0n) is 13.6. The summed E-state index contributed by atoms with van der Waals surface area (Å²) in [5.41, 5.74) is 0.685. The van der Waals surface area contributed by atoms with Crippen molar-refractivity contribution in [1.29, 1.82) is 0 Å². The van der Waals surface area contributed by atoms with E-state index in [9.17, 15) is 14.0 Å². The number of anilines is 1. The van der Waals surface area contributed by atoms with Crippen molar-refractivity contribution in [2.75, 3.05) is 11.9 Å². The number of carbonyl (C=O) groups is 1. The first-order chi connectivity index (χ1) is 12.1. The minimum absolute atomic E-state index is 0.114. The smallest absolute Gasteiger partial charge is 0.345 e. The van der Waals surface area contributed by atoms with Crippen LogP contribution >= 0.6 is 0 Å². The van der Waals surface area contributed by atoms with Gasteiger partial charge in [0.25, 0.3) is 5.56 Å². The van der Waals surface area contributed by atoms with Gasteiger partial charge in [0.2, 0.25) is 0 Å². The van der Waals surface area contributed by atoms with Crippen molar-refractivity contribution in [2.45, 2.75) is 13.5 Å². The van der Waals surface area contributed by atoms with Gasteiger partial charge < -0.3 is 15.0 Å². The molecule has 0 unspecified atom stereocenters. The Bertz CT molecular complexity index is 982. The Morgan fingerprint density at radius 2 is 1.88 bits per heavy atom. The van der Waals surface area contributed by atoms with E-state index in [4.69, 9.17) is 4.74 Å². The van der Waals surface area contributed by atoms with Gasteiger partial charge in [0.05, 0.1) is 17.8 Å². The molecule has 25 heavy (non-hydrogen) atoms. The van der Waals surface area contributed by atoms with Crippen molar-refractivity contribution in [3.05, 3.63) is 75.8 Å². The molecule has 2 N–H and O–H groups in total. The van der Waals surface area contributed by atoms with Gasteiger partial charge in [-0.3, -0.25) is 4.79 Å². The third kappa shape index (κ3) is 3.38. The van der Waals surface area contributed by atoms with Crippen molar-refractivity contribution in [3.8, 4) is 0 Å². The Labute approximate surface area is 143 Å². The van der Waals surface area contributed by atoms with Gasteiger partial charge in [0.15, 0.2) is 0 Å². The molecule has 0 aliphatic carbocycles. The van der Waals surface area contributed by atoms with Crippen LogP contribution in [0.4, 0.5) is 10.1 Å². The van der Waals surface area contributed by atoms with Crippen molar-refractivity contribution in [1.82, 2.24) is 4.98 Å². The highest BCUT2D eigenvalue weighted by molar-refractivity contribution is 6.04. The van der Waals surface area contributed by atoms with E-state index in [0.29, 0.717) is 22.2 Å². The molecule has 0 spiro atoms. The molecular formula is C19H17FN2O3. The standard InChI is InChI=1S/C19H17FN2O3/c1-2-25-19(24)16-17(21-11-12-7-3-5-9-14(12)20)13-8-4-6-10-15(13)22-18(16)23/h3-10H,2,11H2,1H3,(H2,21,22,23). The van der Waals surface area contributed by atoms with E-state index in [1.54, 1.807) is 49.4 Å². The summed E-state index contributed by atoms with van der Waals surface area (Å²) in [4.78, 5) is 27.3. The first-order valence-corrected chi connectivity index (χ1v) is 7.91. The average molecular weight is 340 g/mol. The number of nitrogens with one attached hydrogen (secondary N) is 2. The normalized spacial score (nSPS) is 10.6. The lowest BCUT2D eigenvalue weighted by Crippen LogP contribution is -2.23. The topological polar surface area (TPSA) is 71.2 Å². The number of aromatic amines is 1. The van der Waals surface area contributed by atoms with Gasteiger partial charge >= 0.3 is 5.97 Å². The summed E-state index contributed by atoms with van der Waals surface area (Å²) in [7, 11) is 0. The second-order valence-corrected chi connectivity index (χ2v) is 5.42. The summed E-state index contributed by atoms with van der Waals surface area (Å²) in [6, 6.07) is 13.4. The van der Waals surface area contributed by atoms with Crippen LogP contribution in [-0.2, 0) is 11.3 Å².